The molecule has 1 N–H and O–H groups in total. The quantitative estimate of drug-likeness (QED) is 0.299. The number of thioether (sulfide) groups is 1. The molecule has 0 spiro atoms. The molecule has 4 rings (SSSR count). The minimum absolute atomic E-state index is 0.0192. The van der Waals surface area contributed by atoms with Crippen LogP contribution in [-0.4, -0.2) is 45.9 Å². The van der Waals surface area contributed by atoms with E-state index in [1.165, 1.54) is 18.7 Å². The first kappa shape index (κ1) is 22.5. The first-order valence-corrected chi connectivity index (χ1v) is 11.5. The maximum Gasteiger partial charge on any atom is 0.216 e. The number of carbonyl (C=O) groups is 2. The summed E-state index contributed by atoms with van der Waals surface area (Å²) in [4.78, 5) is 24.2. The molecule has 0 atom stereocenters. The molecule has 0 aliphatic carbocycles. The summed E-state index contributed by atoms with van der Waals surface area (Å²) in [5.41, 5.74) is 1.50. The summed E-state index contributed by atoms with van der Waals surface area (Å²) in [7, 11) is 1.61. The zero-order valence-electron chi connectivity index (χ0n) is 18.4. The van der Waals surface area contributed by atoms with Gasteiger partial charge in [-0.3, -0.25) is 14.2 Å². The zero-order valence-corrected chi connectivity index (χ0v) is 19.3. The Bertz CT molecular complexity index is 1300. The molecule has 0 saturated heterocycles. The standard InChI is InChI=1S/C25H24N4O3S/c1-17(30)26-13-12-24-27-28-25(29(24)21-8-5-9-22(15-21)32-2)33-16-23(31)20-11-10-18-6-3-4-7-19(18)14-20/h3-11,14-15H,12-13,16H2,1-2H3,(H,26,30). The van der Waals surface area contributed by atoms with E-state index < -0.39 is 0 Å². The minimum Gasteiger partial charge on any atom is -0.497 e. The molecule has 1 heterocycles. The van der Waals surface area contributed by atoms with Gasteiger partial charge in [0.2, 0.25) is 5.91 Å². The predicted octanol–water partition coefficient (Wildman–Crippen LogP) is 4.08. The van der Waals surface area contributed by atoms with Gasteiger partial charge in [-0.15, -0.1) is 10.2 Å². The van der Waals surface area contributed by atoms with Gasteiger partial charge in [0, 0.05) is 31.5 Å². The molecule has 1 amide bonds. The van der Waals surface area contributed by atoms with Crippen LogP contribution in [0.1, 0.15) is 23.1 Å². The van der Waals surface area contributed by atoms with E-state index in [0.717, 1.165) is 16.5 Å². The number of amides is 1. The van der Waals surface area contributed by atoms with Crippen LogP contribution in [-0.2, 0) is 11.2 Å². The van der Waals surface area contributed by atoms with E-state index in [4.69, 9.17) is 4.74 Å². The topological polar surface area (TPSA) is 86.1 Å². The maximum atomic E-state index is 12.9. The highest BCUT2D eigenvalue weighted by atomic mass is 32.2. The van der Waals surface area contributed by atoms with Crippen LogP contribution in [0.2, 0.25) is 0 Å². The summed E-state index contributed by atoms with van der Waals surface area (Å²) < 4.78 is 7.27. The Kier molecular flexibility index (Phi) is 7.04. The smallest absolute Gasteiger partial charge is 0.216 e. The fourth-order valence-corrected chi connectivity index (χ4v) is 4.36. The Morgan fingerprint density at radius 1 is 1.00 bits per heavy atom. The van der Waals surface area contributed by atoms with Crippen molar-refractivity contribution < 1.29 is 14.3 Å². The lowest BCUT2D eigenvalue weighted by Crippen LogP contribution is -2.23. The van der Waals surface area contributed by atoms with E-state index in [2.05, 4.69) is 15.5 Å². The first-order chi connectivity index (χ1) is 16.0. The molecule has 168 valence electrons. The molecule has 1 aromatic heterocycles. The normalized spacial score (nSPS) is 10.8. The van der Waals surface area contributed by atoms with Gasteiger partial charge in [0.05, 0.1) is 18.6 Å². The van der Waals surface area contributed by atoms with Crippen molar-refractivity contribution in [2.75, 3.05) is 19.4 Å². The van der Waals surface area contributed by atoms with Crippen molar-refractivity contribution in [2.45, 2.75) is 18.5 Å². The molecule has 8 heteroatoms. The number of fused-ring (bicyclic) bond motifs is 1. The number of Topliss-reactive ketones (excluding diaryl/α,β-unsaturated/α-hetero) is 1. The number of aromatic nitrogens is 3. The summed E-state index contributed by atoms with van der Waals surface area (Å²) >= 11 is 1.34. The summed E-state index contributed by atoms with van der Waals surface area (Å²) in [6.07, 6.45) is 0.503. The van der Waals surface area contributed by atoms with Crippen molar-refractivity contribution in [3.8, 4) is 11.4 Å². The van der Waals surface area contributed by atoms with Crippen molar-refractivity contribution in [3.05, 3.63) is 78.1 Å². The van der Waals surface area contributed by atoms with Crippen molar-refractivity contribution in [2.24, 2.45) is 0 Å². The fourth-order valence-electron chi connectivity index (χ4n) is 3.49. The second kappa shape index (κ2) is 10.3. The summed E-state index contributed by atoms with van der Waals surface area (Å²) in [6.45, 7) is 1.92. The number of hydrogen-bond donors (Lipinski definition) is 1. The molecule has 0 saturated carbocycles. The third-order valence-electron chi connectivity index (χ3n) is 5.14. The van der Waals surface area contributed by atoms with Crippen LogP contribution < -0.4 is 10.1 Å². The Labute approximate surface area is 196 Å². The summed E-state index contributed by atoms with van der Waals surface area (Å²) in [6, 6.07) is 21.3. The van der Waals surface area contributed by atoms with Crippen LogP contribution in [0.25, 0.3) is 16.5 Å². The van der Waals surface area contributed by atoms with Gasteiger partial charge in [0.1, 0.15) is 11.6 Å². The summed E-state index contributed by atoms with van der Waals surface area (Å²) in [5.74, 6) is 1.55. The second-order valence-electron chi connectivity index (χ2n) is 7.44. The van der Waals surface area contributed by atoms with E-state index >= 15 is 0 Å². The van der Waals surface area contributed by atoms with Crippen LogP contribution in [0.4, 0.5) is 0 Å². The van der Waals surface area contributed by atoms with Gasteiger partial charge in [0.15, 0.2) is 10.9 Å². The number of hydrogen-bond acceptors (Lipinski definition) is 6. The minimum atomic E-state index is -0.0991. The van der Waals surface area contributed by atoms with Gasteiger partial charge >= 0.3 is 0 Å². The van der Waals surface area contributed by atoms with Gasteiger partial charge in [-0.25, -0.2) is 0 Å². The Hall–Kier alpha value is -3.65. The van der Waals surface area contributed by atoms with E-state index in [1.807, 2.05) is 71.3 Å². The highest BCUT2D eigenvalue weighted by Crippen LogP contribution is 2.26. The van der Waals surface area contributed by atoms with Crippen molar-refractivity contribution in [1.29, 1.82) is 0 Å². The van der Waals surface area contributed by atoms with Crippen LogP contribution >= 0.6 is 11.8 Å². The predicted molar refractivity (Wildman–Crippen MR) is 129 cm³/mol. The SMILES string of the molecule is COc1cccc(-n2c(CCNC(C)=O)nnc2SCC(=O)c2ccc3ccccc3c2)c1. The number of benzene rings is 3. The van der Waals surface area contributed by atoms with E-state index in [9.17, 15) is 9.59 Å². The van der Waals surface area contributed by atoms with Crippen LogP contribution in [0.5, 0.6) is 5.75 Å². The zero-order chi connectivity index (χ0) is 23.2. The van der Waals surface area contributed by atoms with E-state index in [-0.39, 0.29) is 17.4 Å². The number of ketones is 1. The molecule has 0 aliphatic rings. The number of rotatable bonds is 9. The van der Waals surface area contributed by atoms with Gasteiger partial charge in [0.25, 0.3) is 0 Å². The largest absolute Gasteiger partial charge is 0.497 e. The van der Waals surface area contributed by atoms with E-state index in [0.29, 0.717) is 35.3 Å². The number of ether oxygens (including phenoxy) is 1. The second-order valence-corrected chi connectivity index (χ2v) is 8.38. The molecule has 7 nitrogen and oxygen atoms in total. The lowest BCUT2D eigenvalue weighted by Gasteiger charge is -2.11. The molecule has 3 aromatic carbocycles. The van der Waals surface area contributed by atoms with Gasteiger partial charge in [-0.1, -0.05) is 54.2 Å². The molecule has 0 fully saturated rings. The van der Waals surface area contributed by atoms with Gasteiger partial charge < -0.3 is 10.1 Å². The average molecular weight is 461 g/mol. The third-order valence-corrected chi connectivity index (χ3v) is 6.07. The molecule has 0 bridgehead atoms. The number of methoxy groups -OCH3 is 1. The highest BCUT2D eigenvalue weighted by Gasteiger charge is 2.17. The molecule has 0 radical (unpaired) electrons. The van der Waals surface area contributed by atoms with Crippen molar-refractivity contribution in [3.63, 3.8) is 0 Å². The van der Waals surface area contributed by atoms with Crippen molar-refractivity contribution >= 4 is 34.2 Å². The lowest BCUT2D eigenvalue weighted by molar-refractivity contribution is -0.118. The number of nitrogens with zero attached hydrogens (tertiary/aromatic N) is 3. The molecular formula is C25H24N4O3S. The molecule has 33 heavy (non-hydrogen) atoms. The van der Waals surface area contributed by atoms with E-state index in [1.54, 1.807) is 7.11 Å². The Balaban J connectivity index is 1.57. The maximum absolute atomic E-state index is 12.9. The Morgan fingerprint density at radius 2 is 1.82 bits per heavy atom. The molecular weight excluding hydrogens is 436 g/mol. The van der Waals surface area contributed by atoms with Gasteiger partial charge in [-0.05, 0) is 29.0 Å². The van der Waals surface area contributed by atoms with Crippen LogP contribution in [0.15, 0.2) is 71.9 Å². The monoisotopic (exact) mass is 460 g/mol. The fraction of sp³-hybridized carbons (Fsp3) is 0.200. The lowest BCUT2D eigenvalue weighted by atomic mass is 10.1. The summed E-state index contributed by atoms with van der Waals surface area (Å²) in [5, 5.41) is 14.2. The molecule has 0 aliphatic heterocycles. The van der Waals surface area contributed by atoms with Crippen LogP contribution in [0, 0.1) is 0 Å². The van der Waals surface area contributed by atoms with Crippen molar-refractivity contribution in [1.82, 2.24) is 20.1 Å². The van der Waals surface area contributed by atoms with Gasteiger partial charge in [-0.2, -0.15) is 0 Å². The van der Waals surface area contributed by atoms with Crippen LogP contribution in [0.3, 0.4) is 0 Å². The number of carbonyl (C=O) groups excluding carboxylic acids is 2. The number of nitrogens with one attached hydrogen (secondary N) is 1. The third kappa shape index (κ3) is 5.40. The highest BCUT2D eigenvalue weighted by molar-refractivity contribution is 7.99. The first-order valence-electron chi connectivity index (χ1n) is 10.5. The molecule has 0 unspecified atom stereocenters. The Morgan fingerprint density at radius 3 is 2.61 bits per heavy atom. The molecule has 4 aromatic rings. The average Bonchev–Trinajstić information content (AvgIpc) is 3.24.